The van der Waals surface area contributed by atoms with Gasteiger partial charge in [-0.2, -0.15) is 0 Å². The van der Waals surface area contributed by atoms with Gasteiger partial charge in [-0.1, -0.05) is 18.2 Å². The third kappa shape index (κ3) is 6.77. The number of amides is 1. The molecule has 4 rings (SSSR count). The van der Waals surface area contributed by atoms with Crippen molar-refractivity contribution in [3.8, 4) is 5.75 Å². The second-order valence-corrected chi connectivity index (χ2v) is 13.7. The van der Waals surface area contributed by atoms with Crippen LogP contribution in [0.25, 0.3) is 0 Å². The number of para-hydroxylation sites is 1. The van der Waals surface area contributed by atoms with Crippen molar-refractivity contribution in [2.75, 3.05) is 6.61 Å². The van der Waals surface area contributed by atoms with E-state index in [2.05, 4.69) is 5.09 Å². The summed E-state index contributed by atoms with van der Waals surface area (Å²) >= 11 is 5.81. The molecule has 214 valence electrons. The first-order valence-corrected chi connectivity index (χ1v) is 15.4. The average molecular weight is 583 g/mol. The zero-order chi connectivity index (χ0) is 28.6. The summed E-state index contributed by atoms with van der Waals surface area (Å²) in [6, 6.07) is 8.07. The standard InChI is InChI=1S/C26H35N2O9PS/c1-16(2)33-23(31)17(3)27-38(39,36-19-10-8-7-9-11-19)32-15-20-22-26(6,37-25(4,5)35-22)24(34-20)28-13-12-18(29)14-21(28)30/h7-13,16-17,20,22,24H,14-15H2,1-6H3,(H,27,39)/t17-,20+,22+,24+,26+,38-/m0/s1. The molecule has 0 spiro atoms. The largest absolute Gasteiger partial charge is 0.462 e. The molecule has 0 aromatic heterocycles. The van der Waals surface area contributed by atoms with Gasteiger partial charge in [-0.3, -0.25) is 19.3 Å². The monoisotopic (exact) mass is 582 g/mol. The molecule has 1 N–H and O–H groups in total. The van der Waals surface area contributed by atoms with Crippen molar-refractivity contribution in [3.05, 3.63) is 42.6 Å². The third-order valence-electron chi connectivity index (χ3n) is 6.29. The van der Waals surface area contributed by atoms with Gasteiger partial charge in [0.1, 0.15) is 29.6 Å². The summed E-state index contributed by atoms with van der Waals surface area (Å²) in [4.78, 5) is 38.4. The van der Waals surface area contributed by atoms with Gasteiger partial charge in [-0.15, -0.1) is 0 Å². The van der Waals surface area contributed by atoms with E-state index in [1.807, 2.05) is 6.07 Å². The Balaban J connectivity index is 1.56. The Labute approximate surface area is 233 Å². The summed E-state index contributed by atoms with van der Waals surface area (Å²) in [5.41, 5.74) is -1.07. The molecule has 0 unspecified atom stereocenters. The van der Waals surface area contributed by atoms with E-state index in [4.69, 9.17) is 39.8 Å². The molecular formula is C26H35N2O9PS. The molecule has 6 atom stereocenters. The summed E-state index contributed by atoms with van der Waals surface area (Å²) in [6.45, 7) is 7.04. The molecule has 3 heterocycles. The number of carbonyl (C=O) groups excluding carboxylic acids is 3. The maximum Gasteiger partial charge on any atom is 0.323 e. The van der Waals surface area contributed by atoms with Gasteiger partial charge in [0, 0.05) is 6.20 Å². The molecule has 1 amide bonds. The molecule has 2 fully saturated rings. The molecule has 11 nitrogen and oxygen atoms in total. The zero-order valence-corrected chi connectivity index (χ0v) is 24.5. The lowest BCUT2D eigenvalue weighted by molar-refractivity contribution is -0.223. The minimum absolute atomic E-state index is 0.0933. The van der Waals surface area contributed by atoms with Crippen LogP contribution in [0, 0.1) is 0 Å². The van der Waals surface area contributed by atoms with Gasteiger partial charge in [0.2, 0.25) is 5.91 Å². The normalized spacial score (nSPS) is 30.2. The zero-order valence-electron chi connectivity index (χ0n) is 22.8. The van der Waals surface area contributed by atoms with E-state index in [1.54, 1.807) is 65.8 Å². The SMILES string of the molecule is CC(C)OC(=O)[C@H](C)N[P@](=S)(OC[C@H]1O[C@@H](N2C=CC(=O)CC2=O)[C@]2(C)OC(C)(C)O[C@H]12)Oc1ccccc1. The van der Waals surface area contributed by atoms with Gasteiger partial charge in [-0.25, -0.2) is 5.09 Å². The Morgan fingerprint density at radius 1 is 1.21 bits per heavy atom. The van der Waals surface area contributed by atoms with E-state index in [9.17, 15) is 14.4 Å². The second-order valence-electron chi connectivity index (χ2n) is 10.5. The number of nitrogens with one attached hydrogen (secondary N) is 1. The van der Waals surface area contributed by atoms with E-state index in [0.717, 1.165) is 0 Å². The van der Waals surface area contributed by atoms with Crippen LogP contribution in [-0.2, 0) is 49.7 Å². The molecule has 3 aliphatic heterocycles. The van der Waals surface area contributed by atoms with Crippen LogP contribution in [0.2, 0.25) is 0 Å². The van der Waals surface area contributed by atoms with Crippen LogP contribution in [0.4, 0.5) is 0 Å². The number of benzene rings is 1. The van der Waals surface area contributed by atoms with Gasteiger partial charge in [0.25, 0.3) is 0 Å². The van der Waals surface area contributed by atoms with Crippen molar-refractivity contribution in [2.24, 2.45) is 0 Å². The molecule has 3 aliphatic rings. The van der Waals surface area contributed by atoms with Crippen LogP contribution >= 0.6 is 6.64 Å². The molecule has 13 heteroatoms. The number of hydrogen-bond donors (Lipinski definition) is 1. The number of allylic oxidation sites excluding steroid dienone is 1. The minimum atomic E-state index is -3.34. The Hall–Kier alpha value is -2.18. The Morgan fingerprint density at radius 2 is 1.90 bits per heavy atom. The fraction of sp³-hybridized carbons (Fsp3) is 0.577. The number of fused-ring (bicyclic) bond motifs is 1. The average Bonchev–Trinajstić information content (AvgIpc) is 3.23. The number of esters is 1. The topological polar surface area (TPSA) is 122 Å². The lowest BCUT2D eigenvalue weighted by atomic mass is 9.95. The van der Waals surface area contributed by atoms with Gasteiger partial charge in [0.15, 0.2) is 17.8 Å². The first-order valence-electron chi connectivity index (χ1n) is 12.7. The second kappa shape index (κ2) is 11.4. The van der Waals surface area contributed by atoms with Crippen molar-refractivity contribution in [1.29, 1.82) is 0 Å². The van der Waals surface area contributed by atoms with E-state index >= 15 is 0 Å². The van der Waals surface area contributed by atoms with E-state index in [-0.39, 0.29) is 24.9 Å². The number of rotatable bonds is 10. The van der Waals surface area contributed by atoms with Crippen LogP contribution in [0.15, 0.2) is 42.6 Å². The molecule has 0 bridgehead atoms. The maximum atomic E-state index is 12.7. The van der Waals surface area contributed by atoms with E-state index in [0.29, 0.717) is 5.75 Å². The van der Waals surface area contributed by atoms with Crippen molar-refractivity contribution in [2.45, 2.75) is 89.9 Å². The van der Waals surface area contributed by atoms with Crippen molar-refractivity contribution >= 4 is 36.1 Å². The van der Waals surface area contributed by atoms with Gasteiger partial charge < -0.3 is 28.0 Å². The van der Waals surface area contributed by atoms with Crippen molar-refractivity contribution in [3.63, 3.8) is 0 Å². The number of ether oxygens (including phenoxy) is 4. The Kier molecular flexibility index (Phi) is 8.68. The summed E-state index contributed by atoms with van der Waals surface area (Å²) in [7, 11) is 0. The predicted octanol–water partition coefficient (Wildman–Crippen LogP) is 3.19. The van der Waals surface area contributed by atoms with E-state index < -0.39 is 54.4 Å². The third-order valence-corrected chi connectivity index (χ3v) is 8.79. The van der Waals surface area contributed by atoms with Crippen LogP contribution < -0.4 is 9.61 Å². The number of ketones is 1. The fourth-order valence-corrected chi connectivity index (χ4v) is 7.19. The smallest absolute Gasteiger partial charge is 0.323 e. The molecule has 1 aromatic rings. The summed E-state index contributed by atoms with van der Waals surface area (Å²) in [5.74, 6) is -1.69. The predicted molar refractivity (Wildman–Crippen MR) is 144 cm³/mol. The van der Waals surface area contributed by atoms with Gasteiger partial charge >= 0.3 is 12.6 Å². The lowest BCUT2D eigenvalue weighted by Gasteiger charge is -2.36. The summed E-state index contributed by atoms with van der Waals surface area (Å²) in [6.07, 6.45) is -0.0593. The first-order chi connectivity index (χ1) is 18.2. The van der Waals surface area contributed by atoms with Crippen LogP contribution in [-0.4, -0.2) is 71.1 Å². The Bertz CT molecular complexity index is 1180. The van der Waals surface area contributed by atoms with Crippen LogP contribution in [0.3, 0.4) is 0 Å². The number of hydrogen-bond acceptors (Lipinski definition) is 10. The molecule has 0 radical (unpaired) electrons. The molecule has 39 heavy (non-hydrogen) atoms. The van der Waals surface area contributed by atoms with Gasteiger partial charge in [0.05, 0.1) is 19.1 Å². The van der Waals surface area contributed by atoms with Crippen molar-refractivity contribution < 1.29 is 42.4 Å². The van der Waals surface area contributed by atoms with Crippen LogP contribution in [0.1, 0.15) is 48.0 Å². The van der Waals surface area contributed by atoms with Crippen molar-refractivity contribution in [1.82, 2.24) is 9.99 Å². The molecular weight excluding hydrogens is 547 g/mol. The van der Waals surface area contributed by atoms with E-state index in [1.165, 1.54) is 17.2 Å². The first kappa shape index (κ1) is 29.8. The minimum Gasteiger partial charge on any atom is -0.462 e. The number of nitrogens with zero attached hydrogens (tertiary/aromatic N) is 1. The quantitative estimate of drug-likeness (QED) is 0.249. The maximum absolute atomic E-state index is 12.7. The van der Waals surface area contributed by atoms with Gasteiger partial charge in [-0.05, 0) is 71.6 Å². The molecule has 0 saturated carbocycles. The summed E-state index contributed by atoms with van der Waals surface area (Å²) < 4.78 is 36.3. The molecule has 0 aliphatic carbocycles. The number of carbonyl (C=O) groups is 3. The van der Waals surface area contributed by atoms with Crippen LogP contribution in [0.5, 0.6) is 5.75 Å². The highest BCUT2D eigenvalue weighted by molar-refractivity contribution is 8.09. The highest BCUT2D eigenvalue weighted by Crippen LogP contribution is 2.51. The highest BCUT2D eigenvalue weighted by Gasteiger charge is 2.65. The molecule has 1 aromatic carbocycles. The fourth-order valence-electron chi connectivity index (χ4n) is 4.77. The summed E-state index contributed by atoms with van der Waals surface area (Å²) in [5, 5.41) is 3.01. The Morgan fingerprint density at radius 3 is 2.54 bits per heavy atom. The molecule has 2 saturated heterocycles. The highest BCUT2D eigenvalue weighted by atomic mass is 32.5. The lowest BCUT2D eigenvalue weighted by Crippen LogP contribution is -2.53.